The predicted octanol–water partition coefficient (Wildman–Crippen LogP) is 4.11. The van der Waals surface area contributed by atoms with E-state index in [0.29, 0.717) is 12.0 Å². The molecule has 0 spiro atoms. The van der Waals surface area contributed by atoms with Crippen LogP contribution in [0.15, 0.2) is 53.4 Å². The lowest BCUT2D eigenvalue weighted by Crippen LogP contribution is -2.23. The van der Waals surface area contributed by atoms with Crippen molar-refractivity contribution in [2.75, 3.05) is 0 Å². The maximum absolute atomic E-state index is 13.5. The van der Waals surface area contributed by atoms with E-state index >= 15 is 0 Å². The van der Waals surface area contributed by atoms with Crippen molar-refractivity contribution >= 4 is 17.7 Å². The number of aromatic hydroxyl groups is 1. The smallest absolute Gasteiger partial charge is 0.220 e. The van der Waals surface area contributed by atoms with Crippen LogP contribution in [0.3, 0.4) is 0 Å². The number of halogens is 1. The molecule has 0 heterocycles. The molecule has 2 aromatic carbocycles. The fourth-order valence-corrected chi connectivity index (χ4v) is 3.07. The summed E-state index contributed by atoms with van der Waals surface area (Å²) in [6.45, 7) is 2.27. The minimum absolute atomic E-state index is 0.0774. The monoisotopic (exact) mass is 333 g/mol. The van der Waals surface area contributed by atoms with Crippen molar-refractivity contribution in [2.24, 2.45) is 0 Å². The van der Waals surface area contributed by atoms with Crippen LogP contribution < -0.4 is 5.32 Å². The molecule has 0 aliphatic carbocycles. The summed E-state index contributed by atoms with van der Waals surface area (Å²) in [5, 5.41) is 12.3. The Labute approximate surface area is 139 Å². The summed E-state index contributed by atoms with van der Waals surface area (Å²) in [7, 11) is 0. The Morgan fingerprint density at radius 1 is 1.22 bits per heavy atom. The minimum Gasteiger partial charge on any atom is -0.508 e. The number of benzene rings is 2. The second kappa shape index (κ2) is 8.58. The Balaban J connectivity index is 1.71. The zero-order chi connectivity index (χ0) is 16.7. The molecule has 122 valence electrons. The Morgan fingerprint density at radius 2 is 1.91 bits per heavy atom. The van der Waals surface area contributed by atoms with Gasteiger partial charge in [-0.2, -0.15) is 0 Å². The first-order valence-electron chi connectivity index (χ1n) is 7.50. The van der Waals surface area contributed by atoms with Gasteiger partial charge in [0.1, 0.15) is 11.6 Å². The fourth-order valence-electron chi connectivity index (χ4n) is 2.07. The lowest BCUT2D eigenvalue weighted by molar-refractivity contribution is -0.121. The lowest BCUT2D eigenvalue weighted by Gasteiger charge is -2.11. The molecule has 0 saturated heterocycles. The SMILES string of the molecule is CC(CCC(=O)NCc1ccccc1F)Sc1ccc(O)cc1. The Bertz CT molecular complexity index is 646. The van der Waals surface area contributed by atoms with E-state index in [1.165, 1.54) is 6.07 Å². The summed E-state index contributed by atoms with van der Waals surface area (Å²) in [5.41, 5.74) is 0.493. The number of amides is 1. The molecule has 0 aliphatic rings. The first-order chi connectivity index (χ1) is 11.0. The molecule has 1 atom stereocenters. The first kappa shape index (κ1) is 17.3. The topological polar surface area (TPSA) is 49.3 Å². The van der Waals surface area contributed by atoms with Crippen LogP contribution in [0.5, 0.6) is 5.75 Å². The van der Waals surface area contributed by atoms with Crippen LogP contribution in [-0.4, -0.2) is 16.3 Å². The molecule has 3 nitrogen and oxygen atoms in total. The normalized spacial score (nSPS) is 11.9. The van der Waals surface area contributed by atoms with E-state index in [1.807, 2.05) is 12.1 Å². The molecule has 0 radical (unpaired) electrons. The summed E-state index contributed by atoms with van der Waals surface area (Å²) >= 11 is 1.66. The first-order valence-corrected chi connectivity index (χ1v) is 8.38. The van der Waals surface area contributed by atoms with Crippen molar-refractivity contribution in [1.29, 1.82) is 0 Å². The number of thioether (sulfide) groups is 1. The molecule has 0 fully saturated rings. The average Bonchev–Trinajstić information content (AvgIpc) is 2.54. The number of carbonyl (C=O) groups excluding carboxylic acids is 1. The number of nitrogens with one attached hydrogen (secondary N) is 1. The molecular formula is C18H20FNO2S. The van der Waals surface area contributed by atoms with Gasteiger partial charge in [0.05, 0.1) is 0 Å². The van der Waals surface area contributed by atoms with E-state index in [0.717, 1.165) is 11.3 Å². The third-order valence-electron chi connectivity index (χ3n) is 3.39. The lowest BCUT2D eigenvalue weighted by atomic mass is 10.2. The number of hydrogen-bond donors (Lipinski definition) is 2. The summed E-state index contributed by atoms with van der Waals surface area (Å²) in [4.78, 5) is 12.9. The van der Waals surface area contributed by atoms with E-state index in [4.69, 9.17) is 0 Å². The second-order valence-electron chi connectivity index (χ2n) is 5.33. The number of carbonyl (C=O) groups is 1. The van der Waals surface area contributed by atoms with Crippen molar-refractivity contribution in [3.8, 4) is 5.75 Å². The van der Waals surface area contributed by atoms with Gasteiger partial charge in [0.2, 0.25) is 5.91 Å². The highest BCUT2D eigenvalue weighted by molar-refractivity contribution is 7.99. The van der Waals surface area contributed by atoms with Crippen molar-refractivity contribution in [1.82, 2.24) is 5.32 Å². The van der Waals surface area contributed by atoms with E-state index in [-0.39, 0.29) is 29.3 Å². The van der Waals surface area contributed by atoms with E-state index in [1.54, 1.807) is 42.1 Å². The number of phenols is 1. The second-order valence-corrected chi connectivity index (χ2v) is 6.84. The Morgan fingerprint density at radius 3 is 2.61 bits per heavy atom. The molecule has 1 amide bonds. The maximum atomic E-state index is 13.5. The molecule has 2 rings (SSSR count). The van der Waals surface area contributed by atoms with E-state index in [2.05, 4.69) is 12.2 Å². The largest absolute Gasteiger partial charge is 0.508 e. The summed E-state index contributed by atoms with van der Waals surface area (Å²) in [6.07, 6.45) is 1.13. The summed E-state index contributed by atoms with van der Waals surface area (Å²) in [5.74, 6) is -0.134. The zero-order valence-corrected chi connectivity index (χ0v) is 13.8. The molecular weight excluding hydrogens is 313 g/mol. The standard InChI is InChI=1S/C18H20FNO2S/c1-13(23-16-9-7-15(21)8-10-16)6-11-18(22)20-12-14-4-2-3-5-17(14)19/h2-5,7-10,13,21H,6,11-12H2,1H3,(H,20,22). The maximum Gasteiger partial charge on any atom is 0.220 e. The number of hydrogen-bond acceptors (Lipinski definition) is 3. The van der Waals surface area contributed by atoms with Gasteiger partial charge in [-0.15, -0.1) is 11.8 Å². The third kappa shape index (κ3) is 5.94. The van der Waals surface area contributed by atoms with Crippen LogP contribution in [0.4, 0.5) is 4.39 Å². The van der Waals surface area contributed by atoms with Gasteiger partial charge in [0.15, 0.2) is 0 Å². The van der Waals surface area contributed by atoms with Gasteiger partial charge >= 0.3 is 0 Å². The van der Waals surface area contributed by atoms with Gasteiger partial charge < -0.3 is 10.4 Å². The molecule has 23 heavy (non-hydrogen) atoms. The molecule has 0 aliphatic heterocycles. The van der Waals surface area contributed by atoms with Crippen molar-refractivity contribution in [2.45, 2.75) is 36.5 Å². The Kier molecular flexibility index (Phi) is 6.47. The van der Waals surface area contributed by atoms with Gasteiger partial charge in [-0.3, -0.25) is 4.79 Å². The summed E-state index contributed by atoms with van der Waals surface area (Å²) < 4.78 is 13.5. The van der Waals surface area contributed by atoms with E-state index < -0.39 is 0 Å². The van der Waals surface area contributed by atoms with Gasteiger partial charge in [0.25, 0.3) is 0 Å². The molecule has 2 N–H and O–H groups in total. The highest BCUT2D eigenvalue weighted by Crippen LogP contribution is 2.27. The minimum atomic E-state index is -0.302. The average molecular weight is 333 g/mol. The molecule has 0 saturated carbocycles. The molecule has 0 aromatic heterocycles. The van der Waals surface area contributed by atoms with Crippen molar-refractivity contribution in [3.63, 3.8) is 0 Å². The van der Waals surface area contributed by atoms with Crippen LogP contribution >= 0.6 is 11.8 Å². The Hall–Kier alpha value is -2.01. The van der Waals surface area contributed by atoms with Crippen molar-refractivity contribution < 1.29 is 14.3 Å². The van der Waals surface area contributed by atoms with Gasteiger partial charge in [-0.25, -0.2) is 4.39 Å². The quantitative estimate of drug-likeness (QED) is 0.750. The number of rotatable bonds is 7. The van der Waals surface area contributed by atoms with E-state index in [9.17, 15) is 14.3 Å². The molecule has 2 aromatic rings. The van der Waals surface area contributed by atoms with Crippen LogP contribution in [0.1, 0.15) is 25.3 Å². The van der Waals surface area contributed by atoms with Gasteiger partial charge in [0, 0.05) is 28.7 Å². The van der Waals surface area contributed by atoms with Crippen LogP contribution in [0.2, 0.25) is 0 Å². The fraction of sp³-hybridized carbons (Fsp3) is 0.278. The third-order valence-corrected chi connectivity index (χ3v) is 4.57. The zero-order valence-electron chi connectivity index (χ0n) is 13.0. The number of phenolic OH excluding ortho intramolecular Hbond substituents is 1. The van der Waals surface area contributed by atoms with Crippen molar-refractivity contribution in [3.05, 3.63) is 59.9 Å². The highest BCUT2D eigenvalue weighted by Gasteiger charge is 2.09. The highest BCUT2D eigenvalue weighted by atomic mass is 32.2. The molecule has 0 bridgehead atoms. The van der Waals surface area contributed by atoms with Crippen LogP contribution in [0.25, 0.3) is 0 Å². The van der Waals surface area contributed by atoms with Crippen LogP contribution in [0, 0.1) is 5.82 Å². The molecule has 1 unspecified atom stereocenters. The predicted molar refractivity (Wildman–Crippen MR) is 90.9 cm³/mol. The van der Waals surface area contributed by atoms with Crippen LogP contribution in [-0.2, 0) is 11.3 Å². The summed E-state index contributed by atoms with van der Waals surface area (Å²) in [6, 6.07) is 13.4. The van der Waals surface area contributed by atoms with Gasteiger partial charge in [-0.1, -0.05) is 25.1 Å². The van der Waals surface area contributed by atoms with Gasteiger partial charge in [-0.05, 0) is 36.8 Å². The molecule has 5 heteroatoms.